The third-order valence-electron chi connectivity index (χ3n) is 8.60. The molecule has 0 saturated carbocycles. The van der Waals surface area contributed by atoms with E-state index in [-0.39, 0.29) is 0 Å². The van der Waals surface area contributed by atoms with Crippen LogP contribution in [0.5, 0.6) is 0 Å². The first-order valence-electron chi connectivity index (χ1n) is 15.3. The van der Waals surface area contributed by atoms with Gasteiger partial charge in [0.15, 0.2) is 0 Å². The van der Waals surface area contributed by atoms with Crippen LogP contribution in [0.25, 0.3) is 0 Å². The van der Waals surface area contributed by atoms with Gasteiger partial charge in [-0.3, -0.25) is 0 Å². The summed E-state index contributed by atoms with van der Waals surface area (Å²) in [5.41, 5.74) is 0. The third kappa shape index (κ3) is 4.85. The van der Waals surface area contributed by atoms with E-state index in [9.17, 15) is 0 Å². The lowest BCUT2D eigenvalue weighted by atomic mass is 10.4. The van der Waals surface area contributed by atoms with Gasteiger partial charge in [-0.15, -0.1) is 0 Å². The molecule has 6 aromatic rings. The van der Waals surface area contributed by atoms with E-state index < -0.39 is 21.0 Å². The van der Waals surface area contributed by atoms with E-state index in [4.69, 9.17) is 0 Å². The summed E-state index contributed by atoms with van der Waals surface area (Å²) in [5.74, 6) is 0. The summed E-state index contributed by atoms with van der Waals surface area (Å²) in [6.07, 6.45) is 5.30. The maximum Gasteiger partial charge on any atom is 0.00456 e. The summed E-state index contributed by atoms with van der Waals surface area (Å²) in [6, 6.07) is 68.1. The number of hydrogen-bond donors (Lipinski definition) is 0. The monoisotopic (exact) mass is 648 g/mol. The molecule has 0 spiro atoms. The molecule has 0 bridgehead atoms. The van der Waals surface area contributed by atoms with Crippen molar-refractivity contribution in [1.82, 2.24) is 0 Å². The summed E-state index contributed by atoms with van der Waals surface area (Å²) in [7, 11) is 0.786. The fourth-order valence-corrected chi connectivity index (χ4v) is 31.8. The van der Waals surface area contributed by atoms with Crippen LogP contribution in [-0.2, 0) is 0 Å². The molecule has 0 nitrogen and oxygen atoms in total. The highest BCUT2D eigenvalue weighted by Gasteiger charge is 2.45. The minimum atomic E-state index is -2.06. The number of fused-ring (bicyclic) bond motifs is 1. The fourth-order valence-electron chi connectivity index (χ4n) is 6.65. The van der Waals surface area contributed by atoms with Gasteiger partial charge in [0.1, 0.15) is 0 Å². The Bertz CT molecular complexity index is 2010. The van der Waals surface area contributed by atoms with E-state index in [1.54, 1.807) is 10.6 Å². The average Bonchev–Trinajstić information content (AvgIpc) is 3.69. The van der Waals surface area contributed by atoms with Crippen LogP contribution >= 0.6 is 28.6 Å². The number of allylic oxidation sites excluding steroid dienone is 4. The molecule has 45 heavy (non-hydrogen) atoms. The van der Waals surface area contributed by atoms with Crippen LogP contribution in [0.4, 0.5) is 0 Å². The van der Waals surface area contributed by atoms with Gasteiger partial charge in [0.2, 0.25) is 0 Å². The van der Waals surface area contributed by atoms with Crippen molar-refractivity contribution >= 4 is 65.7 Å². The fraction of sp³-hybridized carbons (Fsp3) is 0. The second-order valence-corrected chi connectivity index (χ2v) is 24.9. The minimum Gasteiger partial charge on any atom is -0.0622 e. The van der Waals surface area contributed by atoms with Gasteiger partial charge in [0, 0.05) is 13.1 Å². The van der Waals surface area contributed by atoms with Gasteiger partial charge in [0.25, 0.3) is 0 Å². The molecule has 0 fully saturated rings. The lowest BCUT2D eigenvalue weighted by Gasteiger charge is -2.27. The zero-order chi connectivity index (χ0) is 30.1. The van der Waals surface area contributed by atoms with Crippen LogP contribution in [0.1, 0.15) is 0 Å². The molecule has 0 aromatic heterocycles. The molecule has 1 heterocycles. The molecule has 0 atom stereocenters. The van der Waals surface area contributed by atoms with Crippen LogP contribution in [0.3, 0.4) is 0 Å². The summed E-state index contributed by atoms with van der Waals surface area (Å²) in [6.45, 7) is -4.13. The molecule has 216 valence electrons. The molecule has 0 amide bonds. The van der Waals surface area contributed by atoms with Crippen molar-refractivity contribution in [2.24, 2.45) is 0 Å². The zero-order valence-corrected chi connectivity index (χ0v) is 28.3. The number of hydrogen-bond acceptors (Lipinski definition) is 0. The van der Waals surface area contributed by atoms with Crippen molar-refractivity contribution in [2.75, 3.05) is 0 Å². The normalized spacial score (nSPS) is 16.4. The van der Waals surface area contributed by atoms with Crippen molar-refractivity contribution in [2.45, 2.75) is 0 Å². The summed E-state index contributed by atoms with van der Waals surface area (Å²) < 4.78 is 0. The lowest BCUT2D eigenvalue weighted by molar-refractivity contribution is 1.74. The molecule has 2 aliphatic rings. The van der Waals surface area contributed by atoms with Crippen molar-refractivity contribution in [3.63, 3.8) is 0 Å². The van der Waals surface area contributed by atoms with E-state index in [1.807, 2.05) is 0 Å². The Labute approximate surface area is 269 Å². The molecule has 1 aliphatic carbocycles. The highest BCUT2D eigenvalue weighted by atomic mass is 32.3. The van der Waals surface area contributed by atoms with Crippen molar-refractivity contribution in [3.8, 4) is 0 Å². The minimum absolute atomic E-state index is 0.739. The second-order valence-electron chi connectivity index (χ2n) is 11.2. The first-order valence-corrected chi connectivity index (χ1v) is 22.5. The number of rotatable bonds is 7. The SMILES string of the molecule is C1=C(P(c2ccccc2)c2ccccc2)C=C2C1=P(c1ccccc1)(c1ccccc1)P=P2(c1ccccc1)c1ccccc1. The third-order valence-corrected chi connectivity index (χ3v) is 28.5. The Balaban J connectivity index is 1.54. The maximum absolute atomic E-state index is 2.65. The average molecular weight is 649 g/mol. The van der Waals surface area contributed by atoms with Gasteiger partial charge in [-0.05, 0) is 67.8 Å². The van der Waals surface area contributed by atoms with E-state index in [0.29, 0.717) is 0 Å². The van der Waals surface area contributed by atoms with Crippen molar-refractivity contribution < 1.29 is 0 Å². The molecule has 6 aromatic carbocycles. The second kappa shape index (κ2) is 12.2. The van der Waals surface area contributed by atoms with Crippen LogP contribution in [0, 0.1) is 0 Å². The largest absolute Gasteiger partial charge is 0.0622 e. The predicted molar refractivity (Wildman–Crippen MR) is 205 cm³/mol. The van der Waals surface area contributed by atoms with E-state index in [0.717, 1.165) is 0 Å². The maximum atomic E-state index is 2.65. The quantitative estimate of drug-likeness (QED) is 0.152. The molecule has 0 saturated heterocycles. The van der Waals surface area contributed by atoms with Gasteiger partial charge in [-0.1, -0.05) is 190 Å². The van der Waals surface area contributed by atoms with Gasteiger partial charge >= 0.3 is 0 Å². The first-order chi connectivity index (χ1) is 22.3. The van der Waals surface area contributed by atoms with Gasteiger partial charge < -0.3 is 0 Å². The first kappa shape index (κ1) is 28.7. The zero-order valence-electron chi connectivity index (χ0n) is 24.8. The Morgan fingerprint density at radius 3 is 1.13 bits per heavy atom. The predicted octanol–water partition coefficient (Wildman–Crippen LogP) is 9.20. The van der Waals surface area contributed by atoms with Crippen LogP contribution in [0.15, 0.2) is 205 Å². The van der Waals surface area contributed by atoms with Crippen molar-refractivity contribution in [3.05, 3.63) is 205 Å². The van der Waals surface area contributed by atoms with E-state index in [1.165, 1.54) is 44.7 Å². The Morgan fingerprint density at radius 1 is 0.378 bits per heavy atom. The Hall–Kier alpha value is -3.74. The highest BCUT2D eigenvalue weighted by Crippen LogP contribution is 2.83. The standard InChI is InChI=1S/C41H32P4/c1-7-19-33(20-8-1)43(34-21-9-2-10-22-34)35-31-40-41(32-35)45(38-27-15-5-16-28-38,39-29-17-6-18-30-39)42-44(40,36-23-11-3-12-24-36)37-25-13-4-14-26-37/h1-32H. The van der Waals surface area contributed by atoms with Crippen LogP contribution in [0.2, 0.25) is 0 Å². The van der Waals surface area contributed by atoms with Crippen LogP contribution < -0.4 is 31.8 Å². The summed E-state index contributed by atoms with van der Waals surface area (Å²) >= 11 is 0. The molecule has 4 heteroatoms. The highest BCUT2D eigenvalue weighted by molar-refractivity contribution is 8.55. The smallest absolute Gasteiger partial charge is 0.00456 e. The van der Waals surface area contributed by atoms with E-state index >= 15 is 0 Å². The van der Waals surface area contributed by atoms with Gasteiger partial charge in [-0.25, -0.2) is 0 Å². The summed E-state index contributed by atoms with van der Waals surface area (Å²) in [5, 5.41) is 13.2. The molecule has 0 radical (unpaired) electrons. The van der Waals surface area contributed by atoms with Gasteiger partial charge in [-0.2, -0.15) is 0 Å². The Kier molecular flexibility index (Phi) is 7.80. The molecule has 8 rings (SSSR count). The van der Waals surface area contributed by atoms with Crippen molar-refractivity contribution in [1.29, 1.82) is 0 Å². The van der Waals surface area contributed by atoms with E-state index in [2.05, 4.69) is 194 Å². The molecule has 1 aliphatic heterocycles. The topological polar surface area (TPSA) is 0 Å². The lowest BCUT2D eigenvalue weighted by Crippen LogP contribution is -2.18. The summed E-state index contributed by atoms with van der Waals surface area (Å²) in [4.78, 5) is 0. The van der Waals surface area contributed by atoms with Gasteiger partial charge in [0.05, 0.1) is 0 Å². The molecular formula is C41H32P4. The van der Waals surface area contributed by atoms with Crippen LogP contribution in [-0.4, -0.2) is 5.29 Å². The number of benzene rings is 6. The molecular weight excluding hydrogens is 616 g/mol. The Morgan fingerprint density at radius 2 is 0.733 bits per heavy atom. The molecule has 0 N–H and O–H groups in total. The molecule has 0 unspecified atom stereocenters.